The van der Waals surface area contributed by atoms with Crippen LogP contribution in [0.3, 0.4) is 0 Å². The molecule has 2 rings (SSSR count). The van der Waals surface area contributed by atoms with Gasteiger partial charge in [0, 0.05) is 12.5 Å². The fourth-order valence-electron chi connectivity index (χ4n) is 3.77. The summed E-state index contributed by atoms with van der Waals surface area (Å²) < 4.78 is 28.2. The Hall–Kier alpha value is -1.11. The van der Waals surface area contributed by atoms with Crippen molar-refractivity contribution in [1.82, 2.24) is 4.90 Å². The SMILES string of the molecule is COC(=O)[C@@H](C)N(C(=O)CCC1CCCC1)[C@@H]1CCS(=O)(=O)C1. The Bertz CT molecular complexity index is 539. The Morgan fingerprint density at radius 1 is 1.22 bits per heavy atom. The maximum atomic E-state index is 12.7. The van der Waals surface area contributed by atoms with Crippen molar-refractivity contribution in [2.75, 3.05) is 18.6 Å². The first-order chi connectivity index (χ1) is 10.8. The van der Waals surface area contributed by atoms with Gasteiger partial charge >= 0.3 is 5.97 Å². The molecule has 1 amide bonds. The third-order valence-corrected chi connectivity index (χ3v) is 6.84. The second kappa shape index (κ2) is 7.64. The summed E-state index contributed by atoms with van der Waals surface area (Å²) in [5, 5.41) is 0. The van der Waals surface area contributed by atoms with Crippen molar-refractivity contribution in [1.29, 1.82) is 0 Å². The molecule has 6 nitrogen and oxygen atoms in total. The highest BCUT2D eigenvalue weighted by Crippen LogP contribution is 2.29. The highest BCUT2D eigenvalue weighted by molar-refractivity contribution is 7.91. The van der Waals surface area contributed by atoms with Crippen molar-refractivity contribution in [3.63, 3.8) is 0 Å². The molecule has 132 valence electrons. The van der Waals surface area contributed by atoms with E-state index < -0.39 is 27.9 Å². The lowest BCUT2D eigenvalue weighted by Crippen LogP contribution is -2.50. The Labute approximate surface area is 138 Å². The monoisotopic (exact) mass is 345 g/mol. The van der Waals surface area contributed by atoms with E-state index in [9.17, 15) is 18.0 Å². The van der Waals surface area contributed by atoms with E-state index in [1.165, 1.54) is 24.9 Å². The van der Waals surface area contributed by atoms with Gasteiger partial charge in [-0.05, 0) is 25.7 Å². The lowest BCUT2D eigenvalue weighted by Gasteiger charge is -2.32. The van der Waals surface area contributed by atoms with Gasteiger partial charge in [0.15, 0.2) is 9.84 Å². The molecule has 0 spiro atoms. The van der Waals surface area contributed by atoms with Crippen LogP contribution in [0.4, 0.5) is 0 Å². The quantitative estimate of drug-likeness (QED) is 0.682. The van der Waals surface area contributed by atoms with Gasteiger partial charge in [-0.1, -0.05) is 25.7 Å². The molecule has 0 bridgehead atoms. The molecule has 0 aromatic rings. The molecule has 0 aromatic carbocycles. The van der Waals surface area contributed by atoms with E-state index >= 15 is 0 Å². The molecule has 2 atom stereocenters. The van der Waals surface area contributed by atoms with Gasteiger partial charge in [-0.15, -0.1) is 0 Å². The van der Waals surface area contributed by atoms with Crippen LogP contribution >= 0.6 is 0 Å². The Balaban J connectivity index is 2.05. The van der Waals surface area contributed by atoms with Gasteiger partial charge in [-0.25, -0.2) is 13.2 Å². The fraction of sp³-hybridized carbons (Fsp3) is 0.875. The van der Waals surface area contributed by atoms with Gasteiger partial charge in [0.1, 0.15) is 6.04 Å². The lowest BCUT2D eigenvalue weighted by atomic mass is 10.0. The maximum Gasteiger partial charge on any atom is 0.328 e. The zero-order chi connectivity index (χ0) is 17.0. The number of hydrogen-bond acceptors (Lipinski definition) is 5. The van der Waals surface area contributed by atoms with Crippen LogP contribution in [0.2, 0.25) is 0 Å². The number of nitrogens with zero attached hydrogens (tertiary/aromatic N) is 1. The van der Waals surface area contributed by atoms with E-state index in [-0.39, 0.29) is 17.4 Å². The van der Waals surface area contributed by atoms with E-state index in [0.29, 0.717) is 18.8 Å². The van der Waals surface area contributed by atoms with Crippen LogP contribution < -0.4 is 0 Å². The molecular weight excluding hydrogens is 318 g/mol. The summed E-state index contributed by atoms with van der Waals surface area (Å²) in [4.78, 5) is 26.0. The number of ether oxygens (including phenoxy) is 1. The first kappa shape index (κ1) is 18.2. The third-order valence-electron chi connectivity index (χ3n) is 5.09. The van der Waals surface area contributed by atoms with Crippen LogP contribution in [0.15, 0.2) is 0 Å². The van der Waals surface area contributed by atoms with Crippen LogP contribution in [-0.2, 0) is 24.2 Å². The molecule has 1 saturated heterocycles. The van der Waals surface area contributed by atoms with Crippen LogP contribution in [0.25, 0.3) is 0 Å². The van der Waals surface area contributed by atoms with Gasteiger partial charge in [0.05, 0.1) is 18.6 Å². The maximum absolute atomic E-state index is 12.7. The van der Waals surface area contributed by atoms with Crippen molar-refractivity contribution in [3.05, 3.63) is 0 Å². The van der Waals surface area contributed by atoms with Crippen molar-refractivity contribution in [2.45, 2.75) is 64.0 Å². The van der Waals surface area contributed by atoms with Crippen molar-refractivity contribution < 1.29 is 22.7 Å². The van der Waals surface area contributed by atoms with Gasteiger partial charge in [-0.2, -0.15) is 0 Å². The van der Waals surface area contributed by atoms with E-state index in [1.54, 1.807) is 6.92 Å². The largest absolute Gasteiger partial charge is 0.467 e. The Morgan fingerprint density at radius 2 is 1.87 bits per heavy atom. The van der Waals surface area contributed by atoms with E-state index in [2.05, 4.69) is 0 Å². The first-order valence-electron chi connectivity index (χ1n) is 8.43. The standard InChI is InChI=1S/C16H27NO5S/c1-12(16(19)22-2)17(14-9-10-23(20,21)11-14)15(18)8-7-13-5-3-4-6-13/h12-14H,3-11H2,1-2H3/t12-,14-/m1/s1. The van der Waals surface area contributed by atoms with Crippen LogP contribution in [0, 0.1) is 5.92 Å². The molecule has 0 radical (unpaired) electrons. The summed E-state index contributed by atoms with van der Waals surface area (Å²) in [6.45, 7) is 1.62. The fourth-order valence-corrected chi connectivity index (χ4v) is 5.48. The third kappa shape index (κ3) is 4.68. The molecular formula is C16H27NO5S. The molecule has 0 aromatic heterocycles. The first-order valence-corrected chi connectivity index (χ1v) is 10.3. The van der Waals surface area contributed by atoms with Crippen molar-refractivity contribution in [3.8, 4) is 0 Å². The number of carbonyl (C=O) groups excluding carboxylic acids is 2. The average molecular weight is 345 g/mol. The Kier molecular flexibility index (Phi) is 6.06. The van der Waals surface area contributed by atoms with Gasteiger partial charge in [0.25, 0.3) is 0 Å². The molecule has 0 N–H and O–H groups in total. The second-order valence-corrected chi connectivity index (χ2v) is 8.97. The molecule has 1 aliphatic heterocycles. The van der Waals surface area contributed by atoms with Gasteiger partial charge < -0.3 is 9.64 Å². The molecule has 2 fully saturated rings. The highest BCUT2D eigenvalue weighted by atomic mass is 32.2. The topological polar surface area (TPSA) is 80.8 Å². The minimum Gasteiger partial charge on any atom is -0.467 e. The smallest absolute Gasteiger partial charge is 0.328 e. The minimum atomic E-state index is -3.12. The summed E-state index contributed by atoms with van der Waals surface area (Å²) in [6.07, 6.45) is 6.38. The second-order valence-electron chi connectivity index (χ2n) is 6.75. The Morgan fingerprint density at radius 3 is 2.39 bits per heavy atom. The minimum absolute atomic E-state index is 0.0521. The average Bonchev–Trinajstić information content (AvgIpc) is 3.14. The highest BCUT2D eigenvalue weighted by Gasteiger charge is 2.39. The van der Waals surface area contributed by atoms with E-state index in [0.717, 1.165) is 19.3 Å². The summed E-state index contributed by atoms with van der Waals surface area (Å²) in [6, 6.07) is -1.15. The normalized spacial score (nSPS) is 25.2. The number of hydrogen-bond donors (Lipinski definition) is 0. The molecule has 23 heavy (non-hydrogen) atoms. The van der Waals surface area contributed by atoms with Crippen molar-refractivity contribution >= 4 is 21.7 Å². The zero-order valence-electron chi connectivity index (χ0n) is 14.0. The molecule has 7 heteroatoms. The molecule has 1 saturated carbocycles. The molecule has 2 aliphatic rings. The summed E-state index contributed by atoms with van der Waals surface area (Å²) in [5.41, 5.74) is 0. The van der Waals surface area contributed by atoms with Crippen LogP contribution in [0.5, 0.6) is 0 Å². The predicted molar refractivity (Wildman–Crippen MR) is 86.6 cm³/mol. The van der Waals surface area contributed by atoms with Crippen LogP contribution in [-0.4, -0.2) is 55.9 Å². The van der Waals surface area contributed by atoms with E-state index in [1.807, 2.05) is 0 Å². The van der Waals surface area contributed by atoms with Gasteiger partial charge in [0.2, 0.25) is 5.91 Å². The van der Waals surface area contributed by atoms with Crippen molar-refractivity contribution in [2.24, 2.45) is 5.92 Å². The zero-order valence-corrected chi connectivity index (χ0v) is 14.8. The molecule has 0 unspecified atom stereocenters. The summed E-state index contributed by atoms with van der Waals surface area (Å²) in [5.74, 6) is -0.0106. The number of carbonyl (C=O) groups is 2. The van der Waals surface area contributed by atoms with Gasteiger partial charge in [-0.3, -0.25) is 4.79 Å². The summed E-state index contributed by atoms with van der Waals surface area (Å²) in [7, 11) is -1.83. The number of rotatable bonds is 6. The molecule has 1 heterocycles. The number of amides is 1. The molecule has 1 aliphatic carbocycles. The number of esters is 1. The number of methoxy groups -OCH3 is 1. The summed E-state index contributed by atoms with van der Waals surface area (Å²) >= 11 is 0. The van der Waals surface area contributed by atoms with E-state index in [4.69, 9.17) is 4.74 Å². The number of sulfone groups is 1. The van der Waals surface area contributed by atoms with Crippen LogP contribution in [0.1, 0.15) is 51.9 Å². The lowest BCUT2D eigenvalue weighted by molar-refractivity contribution is -0.153. The predicted octanol–water partition coefficient (Wildman–Crippen LogP) is 1.53.